The van der Waals surface area contributed by atoms with E-state index in [1.54, 1.807) is 0 Å². The molecule has 1 heterocycles. The lowest BCUT2D eigenvalue weighted by molar-refractivity contribution is 0.0729. The Hall–Kier alpha value is -1.65. The smallest absolute Gasteiger partial charge is 0.227 e. The van der Waals surface area contributed by atoms with Crippen LogP contribution in [-0.2, 0) is 22.0 Å². The van der Waals surface area contributed by atoms with Crippen LogP contribution in [0.15, 0.2) is 47.1 Å². The standard InChI is InChI=1S/C33H48BrN3O3SSi/c1-8-9-13-28(41(5)38)21-23-11-10-12-25(20-23)36-32-35-22-24-14-19-29(34)31(30(24)37-32)39-26-15-17-27(18-16-26)40-42(6,7)33(2,3)4/h10-12,14,19-20,22,26-28H,8-9,13,15-18,21H2,1-7H3,(H,35,36,37)/t26-,27+,28?,41?. The maximum Gasteiger partial charge on any atom is 0.227 e. The van der Waals surface area contributed by atoms with E-state index in [4.69, 9.17) is 14.1 Å². The minimum absolute atomic E-state index is 0.124. The fraction of sp³-hybridized carbons (Fsp3) is 0.576. The number of ether oxygens (including phenoxy) is 1. The van der Waals surface area contributed by atoms with Gasteiger partial charge in [0.15, 0.2) is 14.1 Å². The molecule has 1 aliphatic rings. The molecule has 6 nitrogen and oxygen atoms in total. The van der Waals surface area contributed by atoms with Crippen molar-refractivity contribution in [2.24, 2.45) is 0 Å². The van der Waals surface area contributed by atoms with Crippen LogP contribution >= 0.6 is 15.9 Å². The molecule has 1 aliphatic carbocycles. The van der Waals surface area contributed by atoms with Crippen molar-refractivity contribution in [3.8, 4) is 5.75 Å². The number of hydrogen-bond acceptors (Lipinski definition) is 6. The molecule has 0 radical (unpaired) electrons. The Morgan fingerprint density at radius 3 is 2.50 bits per heavy atom. The Balaban J connectivity index is 1.46. The zero-order valence-electron chi connectivity index (χ0n) is 26.3. The molecule has 1 N–H and O–H groups in total. The number of rotatable bonds is 12. The van der Waals surface area contributed by atoms with Gasteiger partial charge in [-0.3, -0.25) is 0 Å². The van der Waals surface area contributed by atoms with Gasteiger partial charge in [-0.25, -0.2) is 9.97 Å². The summed E-state index contributed by atoms with van der Waals surface area (Å²) in [4.78, 5) is 9.49. The Kier molecular flexibility index (Phi) is 11.4. The summed E-state index contributed by atoms with van der Waals surface area (Å²) < 4.78 is 26.5. The Labute approximate surface area is 265 Å². The monoisotopic (exact) mass is 673 g/mol. The average Bonchev–Trinajstić information content (AvgIpc) is 2.93. The van der Waals surface area contributed by atoms with Crippen molar-refractivity contribution in [2.45, 2.75) is 115 Å². The molecular weight excluding hydrogens is 626 g/mol. The van der Waals surface area contributed by atoms with Crippen molar-refractivity contribution in [2.75, 3.05) is 11.6 Å². The number of benzene rings is 2. The molecule has 4 rings (SSSR count). The van der Waals surface area contributed by atoms with E-state index in [0.29, 0.717) is 12.1 Å². The summed E-state index contributed by atoms with van der Waals surface area (Å²) in [6, 6.07) is 12.3. The number of aromatic nitrogens is 2. The zero-order valence-corrected chi connectivity index (χ0v) is 29.7. The third-order valence-corrected chi connectivity index (χ3v) is 15.3. The molecule has 9 heteroatoms. The summed E-state index contributed by atoms with van der Waals surface area (Å²) in [5.74, 6) is 1.29. The summed E-state index contributed by atoms with van der Waals surface area (Å²) in [5.41, 5.74) is 2.87. The summed E-state index contributed by atoms with van der Waals surface area (Å²) in [7, 11) is -1.78. The second kappa shape index (κ2) is 14.4. The highest BCUT2D eigenvalue weighted by Crippen LogP contribution is 2.40. The average molecular weight is 675 g/mol. The molecule has 0 aliphatic heterocycles. The first-order chi connectivity index (χ1) is 19.9. The van der Waals surface area contributed by atoms with Crippen LogP contribution in [0.3, 0.4) is 0 Å². The normalized spacial score (nSPS) is 19.5. The van der Waals surface area contributed by atoms with Crippen molar-refractivity contribution in [3.05, 3.63) is 52.6 Å². The fourth-order valence-corrected chi connectivity index (χ4v) is 7.99. The quantitative estimate of drug-likeness (QED) is 0.152. The molecule has 2 atom stereocenters. The van der Waals surface area contributed by atoms with E-state index in [2.05, 4.69) is 79.2 Å². The first-order valence-corrected chi connectivity index (χ1v) is 20.7. The summed E-state index contributed by atoms with van der Waals surface area (Å²) >= 11 is 2.87. The third kappa shape index (κ3) is 8.71. The first kappa shape index (κ1) is 33.2. The third-order valence-electron chi connectivity index (χ3n) is 8.83. The second-order valence-corrected chi connectivity index (χ2v) is 20.5. The highest BCUT2D eigenvalue weighted by atomic mass is 79.9. The topological polar surface area (TPSA) is 79.3 Å². The van der Waals surface area contributed by atoms with E-state index in [1.807, 2.05) is 36.7 Å². The Morgan fingerprint density at radius 2 is 1.83 bits per heavy atom. The molecule has 230 valence electrons. The van der Waals surface area contributed by atoms with E-state index < -0.39 is 19.5 Å². The van der Waals surface area contributed by atoms with Gasteiger partial charge in [0.05, 0.1) is 16.8 Å². The minimum Gasteiger partial charge on any atom is -0.616 e. The van der Waals surface area contributed by atoms with Crippen LogP contribution in [0.5, 0.6) is 5.75 Å². The molecule has 0 bridgehead atoms. The lowest BCUT2D eigenvalue weighted by atomic mass is 9.95. The maximum atomic E-state index is 12.3. The number of hydrogen-bond donors (Lipinski definition) is 1. The van der Waals surface area contributed by atoms with E-state index >= 15 is 0 Å². The zero-order chi connectivity index (χ0) is 30.5. The molecular formula is C33H48BrN3O3SSi. The number of fused-ring (bicyclic) bond motifs is 1. The summed E-state index contributed by atoms with van der Waals surface area (Å²) in [6.07, 6.45) is 12.1. The predicted molar refractivity (Wildman–Crippen MR) is 183 cm³/mol. The maximum absolute atomic E-state index is 12.3. The number of nitrogens with zero attached hydrogens (tertiary/aromatic N) is 2. The number of halogens is 1. The van der Waals surface area contributed by atoms with Gasteiger partial charge < -0.3 is 19.0 Å². The van der Waals surface area contributed by atoms with E-state index in [9.17, 15) is 4.55 Å². The van der Waals surface area contributed by atoms with Gasteiger partial charge in [-0.05, 0) is 102 Å². The fourth-order valence-electron chi connectivity index (χ4n) is 5.23. The molecule has 1 aromatic heterocycles. The van der Waals surface area contributed by atoms with E-state index in [-0.39, 0.29) is 16.4 Å². The first-order valence-electron chi connectivity index (χ1n) is 15.3. The summed E-state index contributed by atoms with van der Waals surface area (Å²) in [6.45, 7) is 13.7. The van der Waals surface area contributed by atoms with Gasteiger partial charge >= 0.3 is 0 Å². The van der Waals surface area contributed by atoms with E-state index in [0.717, 1.165) is 83.7 Å². The molecule has 1 saturated carbocycles. The molecule has 0 amide bonds. The molecule has 3 aromatic rings. The van der Waals surface area contributed by atoms with Gasteiger partial charge in [-0.15, -0.1) is 0 Å². The Morgan fingerprint density at radius 1 is 1.12 bits per heavy atom. The lowest BCUT2D eigenvalue weighted by Gasteiger charge is -2.41. The SMILES string of the molecule is CCCCC(Cc1cccc(Nc2ncc3ccc(Br)c(O[C@H]4CC[C@@H](O[Si](C)(C)C(C)(C)C)CC4)c3n2)c1)[S+](C)[O-]. The van der Waals surface area contributed by atoms with Crippen LogP contribution < -0.4 is 10.1 Å². The van der Waals surface area contributed by atoms with Gasteiger partial charge in [0.1, 0.15) is 10.8 Å². The molecule has 1 fully saturated rings. The van der Waals surface area contributed by atoms with Crippen LogP contribution in [0.2, 0.25) is 18.1 Å². The molecule has 0 spiro atoms. The van der Waals surface area contributed by atoms with Gasteiger partial charge in [-0.2, -0.15) is 0 Å². The van der Waals surface area contributed by atoms with Crippen LogP contribution in [-0.4, -0.2) is 46.6 Å². The lowest BCUT2D eigenvalue weighted by Crippen LogP contribution is -2.45. The van der Waals surface area contributed by atoms with Crippen molar-refractivity contribution < 1.29 is 13.7 Å². The number of nitrogens with one attached hydrogen (secondary N) is 1. The highest BCUT2D eigenvalue weighted by molar-refractivity contribution is 9.10. The van der Waals surface area contributed by atoms with Crippen LogP contribution in [0.25, 0.3) is 10.9 Å². The number of anilines is 2. The largest absolute Gasteiger partial charge is 0.616 e. The second-order valence-electron chi connectivity index (χ2n) is 13.2. The minimum atomic E-state index is -1.78. The Bertz CT molecular complexity index is 1330. The van der Waals surface area contributed by atoms with Crippen molar-refractivity contribution >= 4 is 58.0 Å². The molecule has 0 saturated heterocycles. The van der Waals surface area contributed by atoms with Crippen LogP contribution in [0.4, 0.5) is 11.6 Å². The van der Waals surface area contributed by atoms with Gasteiger partial charge in [0, 0.05) is 29.8 Å². The molecule has 42 heavy (non-hydrogen) atoms. The van der Waals surface area contributed by atoms with Gasteiger partial charge in [0.2, 0.25) is 5.95 Å². The van der Waals surface area contributed by atoms with Crippen LogP contribution in [0.1, 0.15) is 78.2 Å². The molecule has 2 unspecified atom stereocenters. The highest BCUT2D eigenvalue weighted by Gasteiger charge is 2.40. The summed E-state index contributed by atoms with van der Waals surface area (Å²) in [5, 5.41) is 4.71. The predicted octanol–water partition coefficient (Wildman–Crippen LogP) is 9.33. The van der Waals surface area contributed by atoms with Crippen molar-refractivity contribution in [3.63, 3.8) is 0 Å². The van der Waals surface area contributed by atoms with Gasteiger partial charge in [-0.1, -0.05) is 57.4 Å². The molecule has 2 aromatic carbocycles. The van der Waals surface area contributed by atoms with Gasteiger partial charge in [0.25, 0.3) is 0 Å². The van der Waals surface area contributed by atoms with Crippen molar-refractivity contribution in [1.29, 1.82) is 0 Å². The number of unbranched alkanes of at least 4 members (excludes halogenated alkanes) is 1. The van der Waals surface area contributed by atoms with Crippen LogP contribution in [0, 0.1) is 0 Å². The van der Waals surface area contributed by atoms with Crippen molar-refractivity contribution in [1.82, 2.24) is 9.97 Å². The van der Waals surface area contributed by atoms with E-state index in [1.165, 1.54) is 0 Å².